The molecule has 0 saturated carbocycles. The predicted molar refractivity (Wildman–Crippen MR) is 59.9 cm³/mol. The van der Waals surface area contributed by atoms with Crippen LogP contribution in [-0.4, -0.2) is 9.97 Å². The van der Waals surface area contributed by atoms with E-state index in [1.807, 2.05) is 0 Å². The predicted octanol–water partition coefficient (Wildman–Crippen LogP) is 3.21. The van der Waals surface area contributed by atoms with Crippen LogP contribution >= 0.6 is 0 Å². The van der Waals surface area contributed by atoms with Gasteiger partial charge in [-0.1, -0.05) is 32.9 Å². The number of hydrogen-bond donors (Lipinski definition) is 1. The summed E-state index contributed by atoms with van der Waals surface area (Å²) in [5.41, 5.74) is 2.20. The molecule has 2 nitrogen and oxygen atoms in total. The number of fused-ring (bicyclic) bond motifs is 1. The summed E-state index contributed by atoms with van der Waals surface area (Å²) in [5, 5.41) is 0. The van der Waals surface area contributed by atoms with Gasteiger partial charge in [0, 0.05) is 5.92 Å². The molecule has 0 saturated heterocycles. The lowest BCUT2D eigenvalue weighted by molar-refractivity contribution is 0.792. The molecule has 0 spiro atoms. The van der Waals surface area contributed by atoms with Gasteiger partial charge in [-0.15, -0.1) is 0 Å². The minimum absolute atomic E-state index is 0.459. The SMILES string of the molecule is CC1C=Cc2nc(C(C)C)[nH]c2C=C1. The average Bonchev–Trinajstić information content (AvgIpc) is 2.48. The maximum Gasteiger partial charge on any atom is 0.109 e. The van der Waals surface area contributed by atoms with Crippen molar-refractivity contribution in [3.63, 3.8) is 0 Å². The number of aromatic amines is 1. The minimum atomic E-state index is 0.459. The van der Waals surface area contributed by atoms with Crippen molar-refractivity contribution >= 4 is 12.2 Å². The summed E-state index contributed by atoms with van der Waals surface area (Å²) < 4.78 is 0. The highest BCUT2D eigenvalue weighted by atomic mass is 14.9. The van der Waals surface area contributed by atoms with Gasteiger partial charge in [0.25, 0.3) is 0 Å². The fourth-order valence-electron chi connectivity index (χ4n) is 1.50. The van der Waals surface area contributed by atoms with Crippen LogP contribution in [-0.2, 0) is 0 Å². The second-order valence-corrected chi connectivity index (χ2v) is 4.15. The number of nitrogens with zero attached hydrogens (tertiary/aromatic N) is 1. The molecular formula is C12H16N2. The Morgan fingerprint density at radius 3 is 2.71 bits per heavy atom. The third-order valence-corrected chi connectivity index (χ3v) is 2.45. The van der Waals surface area contributed by atoms with Gasteiger partial charge in [-0.2, -0.15) is 0 Å². The van der Waals surface area contributed by atoms with Crippen molar-refractivity contribution in [2.75, 3.05) is 0 Å². The molecule has 2 rings (SSSR count). The van der Waals surface area contributed by atoms with E-state index in [0.29, 0.717) is 11.8 Å². The molecule has 0 aliphatic heterocycles. The summed E-state index contributed by atoms with van der Waals surface area (Å²) in [6.07, 6.45) is 8.58. The summed E-state index contributed by atoms with van der Waals surface area (Å²) >= 11 is 0. The highest BCUT2D eigenvalue weighted by Gasteiger charge is 2.10. The van der Waals surface area contributed by atoms with Crippen LogP contribution in [0.25, 0.3) is 12.2 Å². The molecule has 0 radical (unpaired) electrons. The van der Waals surface area contributed by atoms with E-state index < -0.39 is 0 Å². The number of nitrogens with one attached hydrogen (secondary N) is 1. The molecule has 1 unspecified atom stereocenters. The molecule has 1 aliphatic carbocycles. The standard InChI is InChI=1S/C12H16N2/c1-8(2)12-13-10-6-4-9(3)5-7-11(10)14-12/h4-9H,1-3H3,(H,13,14). The number of imidazole rings is 1. The summed E-state index contributed by atoms with van der Waals surface area (Å²) in [6, 6.07) is 0. The fraction of sp³-hybridized carbons (Fsp3) is 0.417. The van der Waals surface area contributed by atoms with Crippen molar-refractivity contribution in [1.29, 1.82) is 0 Å². The Bertz CT molecular complexity index is 352. The number of hydrogen-bond acceptors (Lipinski definition) is 1. The van der Waals surface area contributed by atoms with Crippen molar-refractivity contribution in [1.82, 2.24) is 9.97 Å². The summed E-state index contributed by atoms with van der Waals surface area (Å²) in [7, 11) is 0. The largest absolute Gasteiger partial charge is 0.342 e. The highest BCUT2D eigenvalue weighted by Crippen LogP contribution is 2.20. The maximum absolute atomic E-state index is 4.55. The topological polar surface area (TPSA) is 28.7 Å². The molecule has 1 aromatic rings. The lowest BCUT2D eigenvalue weighted by atomic mass is 10.2. The minimum Gasteiger partial charge on any atom is -0.342 e. The van der Waals surface area contributed by atoms with E-state index in [0.717, 1.165) is 17.2 Å². The Labute approximate surface area is 84.8 Å². The van der Waals surface area contributed by atoms with Gasteiger partial charge in [-0.05, 0) is 18.1 Å². The van der Waals surface area contributed by atoms with Gasteiger partial charge >= 0.3 is 0 Å². The second kappa shape index (κ2) is 3.45. The zero-order chi connectivity index (χ0) is 10.1. The maximum atomic E-state index is 4.55. The normalized spacial score (nSPS) is 16.0. The van der Waals surface area contributed by atoms with Crippen molar-refractivity contribution < 1.29 is 0 Å². The molecule has 1 aliphatic rings. The molecule has 1 atom stereocenters. The fourth-order valence-corrected chi connectivity index (χ4v) is 1.50. The Balaban J connectivity index is 2.41. The lowest BCUT2D eigenvalue weighted by Crippen LogP contribution is -1.89. The van der Waals surface area contributed by atoms with Crippen LogP contribution in [0.15, 0.2) is 12.2 Å². The summed E-state index contributed by atoms with van der Waals surface area (Å²) in [4.78, 5) is 7.90. The number of rotatable bonds is 1. The van der Waals surface area contributed by atoms with Crippen LogP contribution in [0.1, 0.15) is 43.9 Å². The second-order valence-electron chi connectivity index (χ2n) is 4.15. The molecular weight excluding hydrogens is 172 g/mol. The first-order chi connectivity index (χ1) is 6.66. The Hall–Kier alpha value is -1.31. The van der Waals surface area contributed by atoms with Crippen molar-refractivity contribution in [2.24, 2.45) is 5.92 Å². The summed E-state index contributed by atoms with van der Waals surface area (Å²) in [6.45, 7) is 6.46. The molecule has 0 fully saturated rings. The first kappa shape index (κ1) is 9.25. The van der Waals surface area contributed by atoms with Gasteiger partial charge < -0.3 is 4.98 Å². The van der Waals surface area contributed by atoms with E-state index in [1.165, 1.54) is 0 Å². The van der Waals surface area contributed by atoms with Crippen molar-refractivity contribution in [3.8, 4) is 0 Å². The smallest absolute Gasteiger partial charge is 0.109 e. The van der Waals surface area contributed by atoms with Gasteiger partial charge in [-0.3, -0.25) is 0 Å². The van der Waals surface area contributed by atoms with Gasteiger partial charge in [0.15, 0.2) is 0 Å². The van der Waals surface area contributed by atoms with Crippen LogP contribution in [0.3, 0.4) is 0 Å². The molecule has 0 aromatic carbocycles. The third kappa shape index (κ3) is 1.65. The van der Waals surface area contributed by atoms with E-state index in [9.17, 15) is 0 Å². The van der Waals surface area contributed by atoms with E-state index in [4.69, 9.17) is 0 Å². The number of H-pyrrole nitrogens is 1. The van der Waals surface area contributed by atoms with Gasteiger partial charge in [0.05, 0.1) is 11.4 Å². The zero-order valence-electron chi connectivity index (χ0n) is 8.91. The highest BCUT2D eigenvalue weighted by molar-refractivity contribution is 5.63. The summed E-state index contributed by atoms with van der Waals surface area (Å²) in [5.74, 6) is 2.03. The van der Waals surface area contributed by atoms with Crippen LogP contribution in [0, 0.1) is 5.92 Å². The molecule has 1 N–H and O–H groups in total. The zero-order valence-corrected chi connectivity index (χ0v) is 8.91. The van der Waals surface area contributed by atoms with Gasteiger partial charge in [0.1, 0.15) is 5.82 Å². The van der Waals surface area contributed by atoms with Gasteiger partial charge in [0.2, 0.25) is 0 Å². The van der Waals surface area contributed by atoms with Crippen LogP contribution < -0.4 is 0 Å². The number of allylic oxidation sites excluding steroid dienone is 2. The van der Waals surface area contributed by atoms with Gasteiger partial charge in [-0.25, -0.2) is 4.98 Å². The Morgan fingerprint density at radius 2 is 2.00 bits per heavy atom. The van der Waals surface area contributed by atoms with E-state index in [2.05, 4.69) is 55.0 Å². The molecule has 14 heavy (non-hydrogen) atoms. The van der Waals surface area contributed by atoms with Crippen molar-refractivity contribution in [3.05, 3.63) is 29.4 Å². The number of aromatic nitrogens is 2. The third-order valence-electron chi connectivity index (χ3n) is 2.45. The molecule has 0 bridgehead atoms. The molecule has 0 amide bonds. The quantitative estimate of drug-likeness (QED) is 0.720. The molecule has 1 aromatic heterocycles. The van der Waals surface area contributed by atoms with Crippen LogP contribution in [0.4, 0.5) is 0 Å². The van der Waals surface area contributed by atoms with Crippen LogP contribution in [0.5, 0.6) is 0 Å². The Kier molecular flexibility index (Phi) is 2.28. The Morgan fingerprint density at radius 1 is 1.29 bits per heavy atom. The lowest BCUT2D eigenvalue weighted by Gasteiger charge is -1.97. The van der Waals surface area contributed by atoms with E-state index in [-0.39, 0.29) is 0 Å². The average molecular weight is 188 g/mol. The first-order valence-corrected chi connectivity index (χ1v) is 5.13. The monoisotopic (exact) mass is 188 g/mol. The van der Waals surface area contributed by atoms with Crippen molar-refractivity contribution in [2.45, 2.75) is 26.7 Å². The molecule has 2 heteroatoms. The van der Waals surface area contributed by atoms with E-state index >= 15 is 0 Å². The molecule has 74 valence electrons. The molecule has 1 heterocycles. The van der Waals surface area contributed by atoms with E-state index in [1.54, 1.807) is 0 Å². The van der Waals surface area contributed by atoms with Crippen LogP contribution in [0.2, 0.25) is 0 Å². The first-order valence-electron chi connectivity index (χ1n) is 5.13.